The number of rotatable bonds is 6. The van der Waals surface area contributed by atoms with Gasteiger partial charge in [-0.2, -0.15) is 0 Å². The molecule has 0 radical (unpaired) electrons. The molecule has 126 valence electrons. The van der Waals surface area contributed by atoms with Crippen LogP contribution in [0.5, 0.6) is 23.0 Å². The van der Waals surface area contributed by atoms with Gasteiger partial charge in [-0.15, -0.1) is 0 Å². The summed E-state index contributed by atoms with van der Waals surface area (Å²) in [6.45, 7) is 0. The van der Waals surface area contributed by atoms with Crippen molar-refractivity contribution in [3.05, 3.63) is 12.1 Å². The smallest absolute Gasteiger partial charge is 0.502 e. The highest BCUT2D eigenvalue weighted by atomic mass is 31.2. The van der Waals surface area contributed by atoms with E-state index >= 15 is 0 Å². The maximum Gasteiger partial charge on any atom is 0.525 e. The minimum absolute atomic E-state index is 0.592. The van der Waals surface area contributed by atoms with E-state index in [2.05, 4.69) is 13.6 Å². The van der Waals surface area contributed by atoms with Gasteiger partial charge in [-0.05, 0) is 12.1 Å². The molecule has 0 amide bonds. The van der Waals surface area contributed by atoms with Crippen LogP contribution in [-0.4, -0.2) is 34.5 Å². The van der Waals surface area contributed by atoms with Gasteiger partial charge >= 0.3 is 23.5 Å². The van der Waals surface area contributed by atoms with Crippen molar-refractivity contribution in [2.24, 2.45) is 0 Å². The Balaban J connectivity index is 3.41. The Morgan fingerprint density at radius 1 is 0.682 bits per heavy atom. The molecule has 1 aromatic carbocycles. The lowest BCUT2D eigenvalue weighted by molar-refractivity contribution is 0.255. The van der Waals surface area contributed by atoms with Gasteiger partial charge in [0, 0.05) is 0 Å². The minimum Gasteiger partial charge on any atom is -0.502 e. The van der Waals surface area contributed by atoms with Crippen molar-refractivity contribution in [1.82, 2.24) is 0 Å². The van der Waals surface area contributed by atoms with Crippen molar-refractivity contribution in [3.63, 3.8) is 0 Å². The minimum atomic E-state index is -5.32. The Morgan fingerprint density at radius 3 is 1.45 bits per heavy atom. The van der Waals surface area contributed by atoms with Crippen LogP contribution in [0.2, 0.25) is 0 Å². The molecule has 1 rings (SSSR count). The lowest BCUT2D eigenvalue weighted by Gasteiger charge is -2.16. The Bertz CT molecular complexity index is 694. The fourth-order valence-corrected chi connectivity index (χ4v) is 2.36. The van der Waals surface area contributed by atoms with Gasteiger partial charge in [-0.1, -0.05) is 0 Å². The number of benzene rings is 1. The van der Waals surface area contributed by atoms with Crippen LogP contribution < -0.4 is 13.6 Å². The summed E-state index contributed by atoms with van der Waals surface area (Å²) in [6, 6.07) is 1.21. The van der Waals surface area contributed by atoms with Gasteiger partial charge in [0.1, 0.15) is 0 Å². The molecule has 16 heteroatoms. The number of hydrogen-bond donors (Lipinski definition) is 7. The van der Waals surface area contributed by atoms with E-state index in [0.717, 1.165) is 0 Å². The largest absolute Gasteiger partial charge is 0.525 e. The summed E-state index contributed by atoms with van der Waals surface area (Å²) < 4.78 is 44.2. The van der Waals surface area contributed by atoms with Crippen LogP contribution in [0.3, 0.4) is 0 Å². The van der Waals surface area contributed by atoms with Crippen molar-refractivity contribution < 1.29 is 61.7 Å². The second kappa shape index (κ2) is 6.17. The van der Waals surface area contributed by atoms with E-state index in [0.29, 0.717) is 12.1 Å². The van der Waals surface area contributed by atoms with Gasteiger partial charge in [-0.25, -0.2) is 13.7 Å². The number of hydrogen-bond acceptors (Lipinski definition) is 7. The van der Waals surface area contributed by atoms with E-state index in [4.69, 9.17) is 29.4 Å². The molecule has 0 heterocycles. The second-order valence-electron chi connectivity index (χ2n) is 3.49. The number of phenolic OH excluding ortho intramolecular Hbond substituents is 1. The molecule has 7 N–H and O–H groups in total. The topological polar surface area (TPSA) is 221 Å². The van der Waals surface area contributed by atoms with Crippen LogP contribution in [0.1, 0.15) is 0 Å². The van der Waals surface area contributed by atoms with Crippen molar-refractivity contribution in [1.29, 1.82) is 0 Å². The quantitative estimate of drug-likeness (QED) is 0.317. The van der Waals surface area contributed by atoms with Crippen molar-refractivity contribution in [2.75, 3.05) is 0 Å². The zero-order chi connectivity index (χ0) is 17.3. The number of phosphoric ester groups is 3. The van der Waals surface area contributed by atoms with Gasteiger partial charge in [0.05, 0.1) is 0 Å². The summed E-state index contributed by atoms with van der Waals surface area (Å²) in [6.07, 6.45) is 0. The highest BCUT2D eigenvalue weighted by molar-refractivity contribution is 7.47. The predicted molar refractivity (Wildman–Crippen MR) is 66.1 cm³/mol. The van der Waals surface area contributed by atoms with Crippen LogP contribution in [0.15, 0.2) is 12.1 Å². The summed E-state index contributed by atoms with van der Waals surface area (Å²) in [5.41, 5.74) is 0. The average molecular weight is 382 g/mol. The standard InChI is InChI=1S/C6H9O13P3/c7-5-3(17-20(8,9)10)1-2-4(18-21(11,12)13)6(5)19-22(14,15)16/h1-2,7H,(H2,8,9,10)(H2,11,12,13)(H2,14,15,16). The molecular weight excluding hydrogens is 373 g/mol. The van der Waals surface area contributed by atoms with Crippen LogP contribution in [-0.2, 0) is 13.7 Å². The Hall–Kier alpha value is -1.13. The highest BCUT2D eigenvalue weighted by Gasteiger charge is 2.30. The molecule has 0 bridgehead atoms. The molecule has 0 aliphatic heterocycles. The fraction of sp³-hybridized carbons (Fsp3) is 0. The summed E-state index contributed by atoms with van der Waals surface area (Å²) in [7, 11) is -15.7. The summed E-state index contributed by atoms with van der Waals surface area (Å²) >= 11 is 0. The van der Waals surface area contributed by atoms with Crippen molar-refractivity contribution in [3.8, 4) is 23.0 Å². The SMILES string of the molecule is O=P(O)(O)Oc1ccc(OP(=O)(O)O)c(OP(=O)(O)O)c1O. The average Bonchev–Trinajstić information content (AvgIpc) is 2.22. The van der Waals surface area contributed by atoms with E-state index in [1.807, 2.05) is 0 Å². The van der Waals surface area contributed by atoms with Crippen LogP contribution in [0.25, 0.3) is 0 Å². The van der Waals surface area contributed by atoms with E-state index in [-0.39, 0.29) is 0 Å². The van der Waals surface area contributed by atoms with E-state index in [1.165, 1.54) is 0 Å². The van der Waals surface area contributed by atoms with Crippen molar-refractivity contribution >= 4 is 23.5 Å². The fourth-order valence-electron chi connectivity index (χ4n) is 1.14. The van der Waals surface area contributed by atoms with Crippen LogP contribution in [0.4, 0.5) is 0 Å². The first-order valence-electron chi connectivity index (χ1n) is 4.79. The first-order valence-corrected chi connectivity index (χ1v) is 9.38. The molecule has 0 saturated carbocycles. The third-order valence-electron chi connectivity index (χ3n) is 1.70. The van der Waals surface area contributed by atoms with E-state index in [1.54, 1.807) is 0 Å². The maximum absolute atomic E-state index is 10.8. The second-order valence-corrected chi connectivity index (χ2v) is 6.98. The van der Waals surface area contributed by atoms with Gasteiger partial charge in [0.15, 0.2) is 11.5 Å². The highest BCUT2D eigenvalue weighted by Crippen LogP contribution is 2.55. The number of phenols is 1. The maximum atomic E-state index is 10.8. The molecule has 0 aliphatic carbocycles. The zero-order valence-electron chi connectivity index (χ0n) is 10.1. The number of aromatic hydroxyl groups is 1. The molecule has 13 nitrogen and oxygen atoms in total. The molecule has 22 heavy (non-hydrogen) atoms. The molecule has 0 atom stereocenters. The molecule has 0 aliphatic rings. The zero-order valence-corrected chi connectivity index (χ0v) is 12.8. The van der Waals surface area contributed by atoms with E-state index in [9.17, 15) is 18.8 Å². The van der Waals surface area contributed by atoms with Gasteiger partial charge in [0.2, 0.25) is 11.5 Å². The lowest BCUT2D eigenvalue weighted by atomic mass is 10.3. The van der Waals surface area contributed by atoms with Gasteiger partial charge < -0.3 is 18.7 Å². The van der Waals surface area contributed by atoms with E-state index < -0.39 is 46.5 Å². The third kappa shape index (κ3) is 6.32. The molecule has 0 aromatic heterocycles. The Labute approximate surface area is 121 Å². The first-order chi connectivity index (χ1) is 9.68. The summed E-state index contributed by atoms with van der Waals surface area (Å²) in [4.78, 5) is 51.8. The Morgan fingerprint density at radius 2 is 1.05 bits per heavy atom. The molecule has 1 aromatic rings. The summed E-state index contributed by atoms with van der Waals surface area (Å²) in [5, 5.41) is 9.62. The molecular formula is C6H9O13P3. The van der Waals surface area contributed by atoms with Gasteiger partial charge in [0.25, 0.3) is 0 Å². The van der Waals surface area contributed by atoms with Crippen LogP contribution >= 0.6 is 23.5 Å². The molecule has 0 saturated heterocycles. The predicted octanol–water partition coefficient (Wildman–Crippen LogP) is -0.193. The molecule has 0 spiro atoms. The molecule has 0 unspecified atom stereocenters. The summed E-state index contributed by atoms with van der Waals surface area (Å²) in [5.74, 6) is -4.64. The molecule has 0 fully saturated rings. The monoisotopic (exact) mass is 382 g/mol. The van der Waals surface area contributed by atoms with Crippen LogP contribution in [0, 0.1) is 0 Å². The Kier molecular flexibility index (Phi) is 5.30. The lowest BCUT2D eigenvalue weighted by Crippen LogP contribution is -1.98. The van der Waals surface area contributed by atoms with Gasteiger partial charge in [-0.3, -0.25) is 29.4 Å². The number of phosphoric acid groups is 3. The van der Waals surface area contributed by atoms with Crippen molar-refractivity contribution in [2.45, 2.75) is 0 Å². The first kappa shape index (κ1) is 18.9. The third-order valence-corrected chi connectivity index (χ3v) is 2.99. The normalized spacial score (nSPS) is 12.8.